The molecule has 1 aromatic heterocycles. The highest BCUT2D eigenvalue weighted by Crippen LogP contribution is 2.18. The number of carbonyl (C=O) groups excluding carboxylic acids is 1. The zero-order valence-electron chi connectivity index (χ0n) is 12.6. The minimum Gasteiger partial charge on any atom is -0.361 e. The van der Waals surface area contributed by atoms with Crippen LogP contribution in [-0.2, 0) is 11.3 Å². The number of H-pyrrole nitrogens is 1. The van der Waals surface area contributed by atoms with Gasteiger partial charge in [0.1, 0.15) is 0 Å². The summed E-state index contributed by atoms with van der Waals surface area (Å²) in [6.45, 7) is 3.59. The standard InChI is InChI=1S/C17H23N3O/c1-19(11-12-20-10-3-2-7-16(20)21)13-15-6-4-5-14-8-9-18-17(14)15/h4-6,8-9,18H,2-3,7,10-13H2,1H3. The fourth-order valence-corrected chi connectivity index (χ4v) is 3.04. The highest BCUT2D eigenvalue weighted by molar-refractivity contribution is 5.82. The number of rotatable bonds is 5. The SMILES string of the molecule is CN(CCN1CCCCC1=O)Cc1cccc2cc[nH]c12. The number of hydrogen-bond acceptors (Lipinski definition) is 2. The lowest BCUT2D eigenvalue weighted by atomic mass is 10.1. The molecule has 0 aliphatic carbocycles. The van der Waals surface area contributed by atoms with Crippen LogP contribution in [0.5, 0.6) is 0 Å². The number of fused-ring (bicyclic) bond motifs is 1. The van der Waals surface area contributed by atoms with Crippen LogP contribution >= 0.6 is 0 Å². The third kappa shape index (κ3) is 3.27. The third-order valence-electron chi connectivity index (χ3n) is 4.29. The van der Waals surface area contributed by atoms with E-state index in [1.54, 1.807) is 0 Å². The molecule has 4 nitrogen and oxygen atoms in total. The van der Waals surface area contributed by atoms with Gasteiger partial charge in [-0.1, -0.05) is 18.2 Å². The number of aromatic nitrogens is 1. The number of nitrogens with zero attached hydrogens (tertiary/aromatic N) is 2. The van der Waals surface area contributed by atoms with Gasteiger partial charge in [-0.3, -0.25) is 4.79 Å². The Bertz CT molecular complexity index is 619. The average Bonchev–Trinajstić information content (AvgIpc) is 2.96. The summed E-state index contributed by atoms with van der Waals surface area (Å²) in [7, 11) is 2.12. The van der Waals surface area contributed by atoms with E-state index in [1.807, 2.05) is 11.1 Å². The number of hydrogen-bond donors (Lipinski definition) is 1. The summed E-state index contributed by atoms with van der Waals surface area (Å²) >= 11 is 0. The molecule has 0 bridgehead atoms. The Labute approximate surface area is 125 Å². The van der Waals surface area contributed by atoms with Crippen LogP contribution < -0.4 is 0 Å². The first-order valence-electron chi connectivity index (χ1n) is 7.75. The van der Waals surface area contributed by atoms with Crippen LogP contribution in [0.2, 0.25) is 0 Å². The first kappa shape index (κ1) is 14.1. The van der Waals surface area contributed by atoms with Crippen LogP contribution in [0.25, 0.3) is 10.9 Å². The minimum absolute atomic E-state index is 0.320. The van der Waals surface area contributed by atoms with E-state index in [2.05, 4.69) is 41.2 Å². The molecule has 2 heterocycles. The smallest absolute Gasteiger partial charge is 0.222 e. The van der Waals surface area contributed by atoms with Crippen LogP contribution in [-0.4, -0.2) is 47.4 Å². The van der Waals surface area contributed by atoms with Crippen LogP contribution in [0.1, 0.15) is 24.8 Å². The third-order valence-corrected chi connectivity index (χ3v) is 4.29. The van der Waals surface area contributed by atoms with E-state index < -0.39 is 0 Å². The Kier molecular flexibility index (Phi) is 4.25. The van der Waals surface area contributed by atoms with Crippen molar-refractivity contribution in [2.75, 3.05) is 26.7 Å². The number of piperidine rings is 1. The van der Waals surface area contributed by atoms with Gasteiger partial charge in [-0.2, -0.15) is 0 Å². The molecular formula is C17H23N3O. The largest absolute Gasteiger partial charge is 0.361 e. The molecule has 1 saturated heterocycles. The molecule has 0 saturated carbocycles. The van der Waals surface area contributed by atoms with Gasteiger partial charge in [0.15, 0.2) is 0 Å². The predicted octanol–water partition coefficient (Wildman–Crippen LogP) is 2.61. The van der Waals surface area contributed by atoms with Gasteiger partial charge in [0.25, 0.3) is 0 Å². The zero-order chi connectivity index (χ0) is 14.7. The summed E-state index contributed by atoms with van der Waals surface area (Å²) in [6, 6.07) is 8.50. The van der Waals surface area contributed by atoms with Gasteiger partial charge in [0.05, 0.1) is 0 Å². The zero-order valence-corrected chi connectivity index (χ0v) is 12.6. The van der Waals surface area contributed by atoms with Crippen molar-refractivity contribution >= 4 is 16.8 Å². The van der Waals surface area contributed by atoms with Gasteiger partial charge in [0.2, 0.25) is 5.91 Å². The first-order chi connectivity index (χ1) is 10.2. The second kappa shape index (κ2) is 6.31. The highest BCUT2D eigenvalue weighted by atomic mass is 16.2. The van der Waals surface area contributed by atoms with Gasteiger partial charge < -0.3 is 14.8 Å². The Morgan fingerprint density at radius 1 is 1.29 bits per heavy atom. The van der Waals surface area contributed by atoms with E-state index in [-0.39, 0.29) is 0 Å². The maximum atomic E-state index is 11.8. The van der Waals surface area contributed by atoms with Crippen LogP contribution in [0, 0.1) is 0 Å². The maximum Gasteiger partial charge on any atom is 0.222 e. The van der Waals surface area contributed by atoms with Gasteiger partial charge in [-0.25, -0.2) is 0 Å². The maximum absolute atomic E-state index is 11.8. The van der Waals surface area contributed by atoms with Crippen molar-refractivity contribution in [3.63, 3.8) is 0 Å². The quantitative estimate of drug-likeness (QED) is 0.917. The Hall–Kier alpha value is -1.81. The van der Waals surface area contributed by atoms with E-state index in [9.17, 15) is 4.79 Å². The van der Waals surface area contributed by atoms with Gasteiger partial charge in [0, 0.05) is 44.3 Å². The molecule has 1 amide bonds. The number of amides is 1. The molecule has 0 unspecified atom stereocenters. The van der Waals surface area contributed by atoms with Crippen molar-refractivity contribution in [3.05, 3.63) is 36.0 Å². The van der Waals surface area contributed by atoms with Crippen molar-refractivity contribution in [2.24, 2.45) is 0 Å². The Morgan fingerprint density at radius 3 is 3.05 bits per heavy atom. The molecule has 0 atom stereocenters. The van der Waals surface area contributed by atoms with E-state index in [0.717, 1.165) is 45.4 Å². The second-order valence-corrected chi connectivity index (χ2v) is 5.93. The summed E-state index contributed by atoms with van der Waals surface area (Å²) < 4.78 is 0. The number of para-hydroxylation sites is 1. The molecule has 0 radical (unpaired) electrons. The summed E-state index contributed by atoms with van der Waals surface area (Å²) in [5.74, 6) is 0.320. The lowest BCUT2D eigenvalue weighted by molar-refractivity contribution is -0.133. The molecule has 2 aromatic rings. The lowest BCUT2D eigenvalue weighted by Crippen LogP contribution is -2.40. The monoisotopic (exact) mass is 285 g/mol. The Balaban J connectivity index is 1.57. The van der Waals surface area contributed by atoms with E-state index >= 15 is 0 Å². The van der Waals surface area contributed by atoms with Crippen LogP contribution in [0.15, 0.2) is 30.5 Å². The number of likely N-dealkylation sites (N-methyl/N-ethyl adjacent to an activating group) is 1. The molecule has 1 N–H and O–H groups in total. The van der Waals surface area contributed by atoms with Crippen molar-refractivity contribution in [1.29, 1.82) is 0 Å². The topological polar surface area (TPSA) is 39.3 Å². The fraction of sp³-hybridized carbons (Fsp3) is 0.471. The van der Waals surface area contributed by atoms with E-state index in [1.165, 1.54) is 16.5 Å². The lowest BCUT2D eigenvalue weighted by Gasteiger charge is -2.28. The summed E-state index contributed by atoms with van der Waals surface area (Å²) in [6.07, 6.45) is 4.92. The van der Waals surface area contributed by atoms with Gasteiger partial charge in [-0.05, 0) is 36.9 Å². The molecule has 0 spiro atoms. The van der Waals surface area contributed by atoms with Crippen molar-refractivity contribution in [1.82, 2.24) is 14.8 Å². The molecule has 112 valence electrons. The Morgan fingerprint density at radius 2 is 2.19 bits per heavy atom. The summed E-state index contributed by atoms with van der Waals surface area (Å²) in [5.41, 5.74) is 2.53. The fourth-order valence-electron chi connectivity index (χ4n) is 3.04. The van der Waals surface area contributed by atoms with Crippen molar-refractivity contribution < 1.29 is 4.79 Å². The first-order valence-corrected chi connectivity index (χ1v) is 7.75. The molecule has 4 heteroatoms. The summed E-state index contributed by atoms with van der Waals surface area (Å²) in [5, 5.41) is 1.26. The van der Waals surface area contributed by atoms with Crippen LogP contribution in [0.3, 0.4) is 0 Å². The van der Waals surface area contributed by atoms with Crippen molar-refractivity contribution in [2.45, 2.75) is 25.8 Å². The van der Waals surface area contributed by atoms with E-state index in [4.69, 9.17) is 0 Å². The number of aromatic amines is 1. The second-order valence-electron chi connectivity index (χ2n) is 5.93. The molecule has 1 aromatic carbocycles. The average molecular weight is 285 g/mol. The number of carbonyl (C=O) groups is 1. The molecule has 1 aliphatic rings. The predicted molar refractivity (Wildman–Crippen MR) is 85.1 cm³/mol. The molecular weight excluding hydrogens is 262 g/mol. The highest BCUT2D eigenvalue weighted by Gasteiger charge is 2.17. The molecule has 1 fully saturated rings. The minimum atomic E-state index is 0.320. The molecule has 1 aliphatic heterocycles. The van der Waals surface area contributed by atoms with Crippen molar-refractivity contribution in [3.8, 4) is 0 Å². The van der Waals surface area contributed by atoms with Gasteiger partial charge >= 0.3 is 0 Å². The van der Waals surface area contributed by atoms with Crippen LogP contribution in [0.4, 0.5) is 0 Å². The van der Waals surface area contributed by atoms with E-state index in [0.29, 0.717) is 5.91 Å². The normalized spacial score (nSPS) is 16.1. The molecule has 3 rings (SSSR count). The number of nitrogens with one attached hydrogen (secondary N) is 1. The summed E-state index contributed by atoms with van der Waals surface area (Å²) in [4.78, 5) is 19.4. The number of likely N-dealkylation sites (tertiary alicyclic amines) is 1. The number of benzene rings is 1. The molecule has 21 heavy (non-hydrogen) atoms. The van der Waals surface area contributed by atoms with Gasteiger partial charge in [-0.15, -0.1) is 0 Å².